The molecule has 26 heavy (non-hydrogen) atoms. The van der Waals surface area contributed by atoms with Gasteiger partial charge in [0.2, 0.25) is 0 Å². The minimum Gasteiger partial charge on any atom is -0.345 e. The average Bonchev–Trinajstić information content (AvgIpc) is 2.63. The predicted molar refractivity (Wildman–Crippen MR) is 97.8 cm³/mol. The molecule has 0 spiro atoms. The van der Waals surface area contributed by atoms with Crippen molar-refractivity contribution in [2.24, 2.45) is 0 Å². The van der Waals surface area contributed by atoms with Gasteiger partial charge < -0.3 is 5.32 Å². The largest absolute Gasteiger partial charge is 0.345 e. The molecule has 2 aromatic rings. The first-order valence-corrected chi connectivity index (χ1v) is 9.10. The Labute approximate surface area is 153 Å². The SMILES string of the molecule is C[C@@H](NC(=O)c1ccc(CN2CCCCC2)cc1)c1ccc(F)cc1F. The average molecular weight is 358 g/mol. The highest BCUT2D eigenvalue weighted by Gasteiger charge is 2.16. The third-order valence-corrected chi connectivity index (χ3v) is 4.85. The molecule has 138 valence electrons. The molecule has 1 fully saturated rings. The van der Waals surface area contributed by atoms with Gasteiger partial charge in [-0.3, -0.25) is 9.69 Å². The summed E-state index contributed by atoms with van der Waals surface area (Å²) in [6, 6.07) is 10.3. The third-order valence-electron chi connectivity index (χ3n) is 4.85. The number of halogens is 2. The number of benzene rings is 2. The maximum absolute atomic E-state index is 13.8. The highest BCUT2D eigenvalue weighted by Crippen LogP contribution is 2.19. The molecule has 3 nitrogen and oxygen atoms in total. The van der Waals surface area contributed by atoms with E-state index in [0.717, 1.165) is 25.7 Å². The van der Waals surface area contributed by atoms with Crippen LogP contribution in [0.15, 0.2) is 42.5 Å². The lowest BCUT2D eigenvalue weighted by atomic mass is 10.1. The first kappa shape index (κ1) is 18.5. The van der Waals surface area contributed by atoms with E-state index in [1.54, 1.807) is 19.1 Å². The zero-order chi connectivity index (χ0) is 18.5. The van der Waals surface area contributed by atoms with Crippen molar-refractivity contribution in [3.8, 4) is 0 Å². The summed E-state index contributed by atoms with van der Waals surface area (Å²) in [4.78, 5) is 14.8. The number of hydrogen-bond donors (Lipinski definition) is 1. The summed E-state index contributed by atoms with van der Waals surface area (Å²) in [6.45, 7) is 4.84. The number of amides is 1. The van der Waals surface area contributed by atoms with Gasteiger partial charge in [-0.05, 0) is 56.6 Å². The van der Waals surface area contributed by atoms with Gasteiger partial charge in [-0.2, -0.15) is 0 Å². The molecule has 1 saturated heterocycles. The molecule has 5 heteroatoms. The molecule has 0 aliphatic carbocycles. The molecule has 1 aliphatic heterocycles. The Morgan fingerprint density at radius 1 is 1.08 bits per heavy atom. The van der Waals surface area contributed by atoms with Crippen LogP contribution in [0.3, 0.4) is 0 Å². The Balaban J connectivity index is 1.60. The second-order valence-corrected chi connectivity index (χ2v) is 6.89. The zero-order valence-corrected chi connectivity index (χ0v) is 15.0. The fourth-order valence-electron chi connectivity index (χ4n) is 3.35. The molecule has 1 aliphatic rings. The summed E-state index contributed by atoms with van der Waals surface area (Å²) in [5, 5.41) is 2.76. The summed E-state index contributed by atoms with van der Waals surface area (Å²) < 4.78 is 26.8. The summed E-state index contributed by atoms with van der Waals surface area (Å²) >= 11 is 0. The molecule has 0 saturated carbocycles. The maximum atomic E-state index is 13.8. The Hall–Kier alpha value is -2.27. The minimum absolute atomic E-state index is 0.265. The number of nitrogens with one attached hydrogen (secondary N) is 1. The van der Waals surface area contributed by atoms with Crippen molar-refractivity contribution in [3.05, 3.63) is 70.8 Å². The summed E-state index contributed by atoms with van der Waals surface area (Å²) in [6.07, 6.45) is 3.80. The van der Waals surface area contributed by atoms with Gasteiger partial charge in [0.25, 0.3) is 5.91 Å². The van der Waals surface area contributed by atoms with Gasteiger partial charge in [0.05, 0.1) is 6.04 Å². The van der Waals surface area contributed by atoms with Gasteiger partial charge in [-0.15, -0.1) is 0 Å². The van der Waals surface area contributed by atoms with Crippen LogP contribution < -0.4 is 5.32 Å². The van der Waals surface area contributed by atoms with Crippen LogP contribution in [0.2, 0.25) is 0 Å². The smallest absolute Gasteiger partial charge is 0.251 e. The van der Waals surface area contributed by atoms with Crippen LogP contribution in [0.5, 0.6) is 0 Å². The lowest BCUT2D eigenvalue weighted by Gasteiger charge is -2.26. The summed E-state index contributed by atoms with van der Waals surface area (Å²) in [7, 11) is 0. The predicted octanol–water partition coefficient (Wildman–Crippen LogP) is 4.44. The van der Waals surface area contributed by atoms with Crippen molar-refractivity contribution in [1.82, 2.24) is 10.2 Å². The molecular weight excluding hydrogens is 334 g/mol. The lowest BCUT2D eigenvalue weighted by molar-refractivity contribution is 0.0939. The van der Waals surface area contributed by atoms with Gasteiger partial charge in [0, 0.05) is 23.7 Å². The Morgan fingerprint density at radius 2 is 1.77 bits per heavy atom. The molecule has 1 atom stereocenters. The third kappa shape index (κ3) is 4.67. The number of carbonyl (C=O) groups excluding carboxylic acids is 1. The molecule has 3 rings (SSSR count). The molecule has 1 amide bonds. The number of likely N-dealkylation sites (tertiary alicyclic amines) is 1. The fourth-order valence-corrected chi connectivity index (χ4v) is 3.35. The van der Waals surface area contributed by atoms with Crippen LogP contribution in [0.25, 0.3) is 0 Å². The molecule has 0 unspecified atom stereocenters. The van der Waals surface area contributed by atoms with Crippen molar-refractivity contribution in [2.45, 2.75) is 38.8 Å². The number of carbonyl (C=O) groups is 1. The van der Waals surface area contributed by atoms with E-state index in [0.29, 0.717) is 5.56 Å². The Kier molecular flexibility index (Phi) is 5.99. The quantitative estimate of drug-likeness (QED) is 0.857. The Bertz CT molecular complexity index is 755. The van der Waals surface area contributed by atoms with Crippen LogP contribution in [-0.4, -0.2) is 23.9 Å². The van der Waals surface area contributed by atoms with E-state index >= 15 is 0 Å². The fraction of sp³-hybridized carbons (Fsp3) is 0.381. The first-order chi connectivity index (χ1) is 12.5. The number of nitrogens with zero attached hydrogens (tertiary/aromatic N) is 1. The second kappa shape index (κ2) is 8.41. The molecular formula is C21H24F2N2O. The van der Waals surface area contributed by atoms with Crippen LogP contribution in [0, 0.1) is 11.6 Å². The highest BCUT2D eigenvalue weighted by atomic mass is 19.1. The van der Waals surface area contributed by atoms with Gasteiger partial charge >= 0.3 is 0 Å². The van der Waals surface area contributed by atoms with E-state index in [1.165, 1.54) is 37.0 Å². The minimum atomic E-state index is -0.658. The zero-order valence-electron chi connectivity index (χ0n) is 15.0. The topological polar surface area (TPSA) is 32.3 Å². The molecule has 1 N–H and O–H groups in total. The number of hydrogen-bond acceptors (Lipinski definition) is 2. The van der Waals surface area contributed by atoms with Crippen LogP contribution in [-0.2, 0) is 6.54 Å². The van der Waals surface area contributed by atoms with Crippen LogP contribution in [0.4, 0.5) is 8.78 Å². The van der Waals surface area contributed by atoms with Crippen molar-refractivity contribution < 1.29 is 13.6 Å². The van der Waals surface area contributed by atoms with Crippen molar-refractivity contribution in [2.75, 3.05) is 13.1 Å². The van der Waals surface area contributed by atoms with E-state index in [1.807, 2.05) is 12.1 Å². The number of rotatable bonds is 5. The van der Waals surface area contributed by atoms with E-state index < -0.39 is 17.7 Å². The lowest BCUT2D eigenvalue weighted by Crippen LogP contribution is -2.29. The second-order valence-electron chi connectivity index (χ2n) is 6.89. The van der Waals surface area contributed by atoms with Crippen molar-refractivity contribution in [1.29, 1.82) is 0 Å². The van der Waals surface area contributed by atoms with Gasteiger partial charge in [0.1, 0.15) is 11.6 Å². The molecule has 0 aromatic heterocycles. The molecule has 1 heterocycles. The van der Waals surface area contributed by atoms with E-state index in [9.17, 15) is 13.6 Å². The van der Waals surface area contributed by atoms with Crippen molar-refractivity contribution in [3.63, 3.8) is 0 Å². The Morgan fingerprint density at radius 3 is 2.42 bits per heavy atom. The normalized spacial score (nSPS) is 16.3. The molecule has 0 radical (unpaired) electrons. The van der Waals surface area contributed by atoms with Gasteiger partial charge in [-0.25, -0.2) is 8.78 Å². The summed E-state index contributed by atoms with van der Waals surface area (Å²) in [5.74, 6) is -1.56. The molecule has 2 aromatic carbocycles. The van der Waals surface area contributed by atoms with E-state index in [4.69, 9.17) is 0 Å². The van der Waals surface area contributed by atoms with Crippen molar-refractivity contribution >= 4 is 5.91 Å². The first-order valence-electron chi connectivity index (χ1n) is 9.10. The molecule has 0 bridgehead atoms. The van der Waals surface area contributed by atoms with E-state index in [-0.39, 0.29) is 11.5 Å². The van der Waals surface area contributed by atoms with E-state index in [2.05, 4.69) is 10.2 Å². The maximum Gasteiger partial charge on any atom is 0.251 e. The highest BCUT2D eigenvalue weighted by molar-refractivity contribution is 5.94. The van der Waals surface area contributed by atoms with Gasteiger partial charge in [-0.1, -0.05) is 24.6 Å². The number of piperidine rings is 1. The van der Waals surface area contributed by atoms with Crippen LogP contribution >= 0.6 is 0 Å². The monoisotopic (exact) mass is 358 g/mol. The van der Waals surface area contributed by atoms with Gasteiger partial charge in [0.15, 0.2) is 0 Å². The van der Waals surface area contributed by atoms with Crippen LogP contribution in [0.1, 0.15) is 53.7 Å². The summed E-state index contributed by atoms with van der Waals surface area (Å²) in [5.41, 5.74) is 1.98. The standard InChI is InChI=1S/C21H24F2N2O/c1-15(19-10-9-18(22)13-20(19)23)24-21(26)17-7-5-16(6-8-17)14-25-11-3-2-4-12-25/h5-10,13,15H,2-4,11-12,14H2,1H3,(H,24,26)/t15-/m1/s1.